The lowest BCUT2D eigenvalue weighted by Crippen LogP contribution is -2.55. The number of nitrogens with two attached hydrogens (primary N) is 1. The second kappa shape index (κ2) is 7.02. The average Bonchev–Trinajstić information content (AvgIpc) is 2.62. The van der Waals surface area contributed by atoms with E-state index in [-0.39, 0.29) is 29.4 Å². The molecule has 0 fully saturated rings. The largest absolute Gasteiger partial charge is 0.386 e. The molecular weight excluding hydrogens is 393 g/mol. The van der Waals surface area contributed by atoms with Crippen molar-refractivity contribution in [2.24, 2.45) is 10.7 Å². The predicted molar refractivity (Wildman–Crippen MR) is 110 cm³/mol. The molecule has 0 saturated heterocycles. The van der Waals surface area contributed by atoms with Gasteiger partial charge in [-0.05, 0) is 57.0 Å². The number of ketones is 1. The van der Waals surface area contributed by atoms with Crippen LogP contribution in [0.25, 0.3) is 0 Å². The molecule has 8 heteroatoms. The van der Waals surface area contributed by atoms with Crippen LogP contribution in [0.5, 0.6) is 0 Å². The minimum absolute atomic E-state index is 0.0108. The third kappa shape index (κ3) is 3.81. The van der Waals surface area contributed by atoms with Gasteiger partial charge in [-0.1, -0.05) is 12.1 Å². The van der Waals surface area contributed by atoms with Gasteiger partial charge in [-0.25, -0.2) is 12.8 Å². The average molecular weight is 418 g/mol. The lowest BCUT2D eigenvalue weighted by molar-refractivity contribution is 0.0988. The third-order valence-corrected chi connectivity index (χ3v) is 8.11. The van der Waals surface area contributed by atoms with Crippen molar-refractivity contribution in [2.45, 2.75) is 44.4 Å². The number of sulfone groups is 1. The normalized spacial score (nSPS) is 22.7. The maximum absolute atomic E-state index is 14.7. The van der Waals surface area contributed by atoms with Gasteiger partial charge in [0.15, 0.2) is 15.6 Å². The molecule has 3 rings (SSSR count). The highest BCUT2D eigenvalue weighted by Gasteiger charge is 2.49. The number of amidine groups is 1. The molecule has 0 saturated carbocycles. The first-order valence-corrected chi connectivity index (χ1v) is 10.8. The summed E-state index contributed by atoms with van der Waals surface area (Å²) in [5, 5.41) is 0. The van der Waals surface area contributed by atoms with Crippen LogP contribution in [0.3, 0.4) is 0 Å². The fourth-order valence-corrected chi connectivity index (χ4v) is 4.97. The summed E-state index contributed by atoms with van der Waals surface area (Å²) < 4.78 is 38.8. The zero-order valence-electron chi connectivity index (χ0n) is 16.9. The molecule has 154 valence electrons. The smallest absolute Gasteiger partial charge is 0.185 e. The number of halogens is 1. The summed E-state index contributed by atoms with van der Waals surface area (Å²) in [4.78, 5) is 21.0. The number of benzene rings is 1. The van der Waals surface area contributed by atoms with Crippen LogP contribution < -0.4 is 5.73 Å². The second-order valence-electron chi connectivity index (χ2n) is 8.18. The summed E-state index contributed by atoms with van der Waals surface area (Å²) in [5.74, 6) is -1.24. The van der Waals surface area contributed by atoms with E-state index >= 15 is 0 Å². The van der Waals surface area contributed by atoms with Gasteiger partial charge in [-0.3, -0.25) is 14.8 Å². The number of rotatable bonds is 4. The van der Waals surface area contributed by atoms with Crippen molar-refractivity contribution in [3.8, 4) is 0 Å². The van der Waals surface area contributed by atoms with Gasteiger partial charge in [0.1, 0.15) is 27.6 Å². The molecule has 1 aromatic heterocycles. The third-order valence-electron chi connectivity index (χ3n) is 5.41. The maximum Gasteiger partial charge on any atom is 0.185 e. The molecule has 0 spiro atoms. The molecule has 0 bridgehead atoms. The van der Waals surface area contributed by atoms with Crippen molar-refractivity contribution >= 4 is 21.5 Å². The number of aryl methyl sites for hydroxylation is 1. The Bertz CT molecular complexity index is 1110. The lowest BCUT2D eigenvalue weighted by Gasteiger charge is -2.38. The van der Waals surface area contributed by atoms with Crippen molar-refractivity contribution in [1.82, 2.24) is 4.98 Å². The van der Waals surface area contributed by atoms with Crippen molar-refractivity contribution in [3.63, 3.8) is 0 Å². The molecule has 1 atom stereocenters. The molecule has 0 radical (unpaired) electrons. The molecule has 0 unspecified atom stereocenters. The number of Topliss-reactive ketones (excluding diaryl/α,β-unsaturated/α-hetero) is 1. The van der Waals surface area contributed by atoms with Crippen LogP contribution in [0.1, 0.15) is 48.0 Å². The van der Waals surface area contributed by atoms with Gasteiger partial charge in [0.25, 0.3) is 0 Å². The van der Waals surface area contributed by atoms with E-state index in [0.29, 0.717) is 11.3 Å². The van der Waals surface area contributed by atoms with Gasteiger partial charge >= 0.3 is 0 Å². The van der Waals surface area contributed by atoms with Crippen LogP contribution in [0.15, 0.2) is 41.5 Å². The van der Waals surface area contributed by atoms with Crippen molar-refractivity contribution < 1.29 is 17.6 Å². The Kier molecular flexibility index (Phi) is 5.11. The fourth-order valence-electron chi connectivity index (χ4n) is 3.28. The van der Waals surface area contributed by atoms with Gasteiger partial charge in [-0.2, -0.15) is 0 Å². The number of hydrogen-bond donors (Lipinski definition) is 1. The van der Waals surface area contributed by atoms with E-state index in [0.717, 1.165) is 5.56 Å². The Morgan fingerprint density at radius 1 is 1.21 bits per heavy atom. The van der Waals surface area contributed by atoms with E-state index in [1.54, 1.807) is 18.3 Å². The number of aromatic nitrogens is 1. The number of pyridine rings is 1. The highest BCUT2D eigenvalue weighted by molar-refractivity contribution is 7.93. The predicted octanol–water partition coefficient (Wildman–Crippen LogP) is 2.73. The minimum atomic E-state index is -3.67. The lowest BCUT2D eigenvalue weighted by atomic mass is 9.90. The van der Waals surface area contributed by atoms with Crippen LogP contribution >= 0.6 is 0 Å². The molecule has 6 nitrogen and oxygen atoms in total. The molecule has 1 aliphatic heterocycles. The summed E-state index contributed by atoms with van der Waals surface area (Å²) in [7, 11) is -3.67. The van der Waals surface area contributed by atoms with Crippen LogP contribution in [0.4, 0.5) is 4.39 Å². The van der Waals surface area contributed by atoms with E-state index in [2.05, 4.69) is 9.98 Å². The Morgan fingerprint density at radius 3 is 2.48 bits per heavy atom. The fraction of sp³-hybridized carbons (Fsp3) is 0.381. The van der Waals surface area contributed by atoms with Gasteiger partial charge in [0.05, 0.1) is 5.75 Å². The Balaban J connectivity index is 1.98. The molecule has 2 heterocycles. The highest BCUT2D eigenvalue weighted by Crippen LogP contribution is 2.38. The molecular formula is C21H24FN3O3S. The number of hydrogen-bond acceptors (Lipinski definition) is 6. The van der Waals surface area contributed by atoms with E-state index in [9.17, 15) is 17.6 Å². The Hall–Kier alpha value is -2.61. The van der Waals surface area contributed by atoms with Crippen LogP contribution in [-0.2, 0) is 21.8 Å². The van der Waals surface area contributed by atoms with Crippen LogP contribution in [0.2, 0.25) is 0 Å². The summed E-state index contributed by atoms with van der Waals surface area (Å²) >= 11 is 0. The molecule has 2 aromatic rings. The zero-order valence-corrected chi connectivity index (χ0v) is 17.7. The van der Waals surface area contributed by atoms with Gasteiger partial charge in [-0.15, -0.1) is 0 Å². The first-order valence-electron chi connectivity index (χ1n) is 9.18. The topological polar surface area (TPSA) is 102 Å². The molecule has 29 heavy (non-hydrogen) atoms. The van der Waals surface area contributed by atoms with E-state index in [1.807, 2.05) is 6.92 Å². The number of carbonyl (C=O) groups is 1. The van der Waals surface area contributed by atoms with E-state index < -0.39 is 25.9 Å². The van der Waals surface area contributed by atoms with Crippen molar-refractivity contribution in [1.29, 1.82) is 0 Å². The summed E-state index contributed by atoms with van der Waals surface area (Å²) in [6.45, 7) is 6.39. The van der Waals surface area contributed by atoms with Crippen LogP contribution in [-0.4, -0.2) is 35.5 Å². The molecule has 0 amide bonds. The summed E-state index contributed by atoms with van der Waals surface area (Å²) in [5.41, 5.74) is 6.48. The number of aliphatic imine (C=N–C) groups is 1. The highest BCUT2D eigenvalue weighted by atomic mass is 32.2. The summed E-state index contributed by atoms with van der Waals surface area (Å²) in [6.07, 6.45) is 1.62. The zero-order chi connectivity index (χ0) is 21.6. The van der Waals surface area contributed by atoms with Gasteiger partial charge in [0, 0.05) is 18.2 Å². The quantitative estimate of drug-likeness (QED) is 0.771. The standard InChI is InChI=1S/C21H24FN3O3S/c1-13-5-8-17(24-11-13)18(26)10-14-6-7-16(22)15(9-14)21(4)12-29(27,28)20(2,3)19(23)25-21/h5-9,11H,10,12H2,1-4H3,(H2,23,25)/t21-/m0/s1. The molecule has 2 N–H and O–H groups in total. The van der Waals surface area contributed by atoms with Gasteiger partial charge in [0.2, 0.25) is 0 Å². The first-order chi connectivity index (χ1) is 13.4. The van der Waals surface area contributed by atoms with Crippen molar-refractivity contribution in [2.75, 3.05) is 5.75 Å². The number of carbonyl (C=O) groups excluding carboxylic acids is 1. The molecule has 1 aromatic carbocycles. The first kappa shape index (κ1) is 21.1. The van der Waals surface area contributed by atoms with Crippen molar-refractivity contribution in [3.05, 3.63) is 64.7 Å². The van der Waals surface area contributed by atoms with Crippen LogP contribution in [0, 0.1) is 12.7 Å². The van der Waals surface area contributed by atoms with Gasteiger partial charge < -0.3 is 5.73 Å². The SMILES string of the molecule is Cc1ccc(C(=O)Cc2ccc(F)c([C@]3(C)CS(=O)(=O)C(C)(C)C(N)=N3)c2)nc1. The molecule has 1 aliphatic rings. The molecule has 0 aliphatic carbocycles. The Labute approximate surface area is 170 Å². The number of nitrogens with zero attached hydrogens (tertiary/aromatic N) is 2. The second-order valence-corrected chi connectivity index (χ2v) is 10.7. The monoisotopic (exact) mass is 417 g/mol. The Morgan fingerprint density at radius 2 is 1.90 bits per heavy atom. The summed E-state index contributed by atoms with van der Waals surface area (Å²) in [6, 6.07) is 7.66. The van der Waals surface area contributed by atoms with E-state index in [4.69, 9.17) is 5.73 Å². The van der Waals surface area contributed by atoms with E-state index in [1.165, 1.54) is 39.0 Å². The maximum atomic E-state index is 14.7. The minimum Gasteiger partial charge on any atom is -0.386 e.